The minimum Gasteiger partial charge on any atom is -0.345 e. The Morgan fingerprint density at radius 2 is 2.40 bits per heavy atom. The predicted octanol–water partition coefficient (Wildman–Crippen LogP) is 2.07. The first-order valence-corrected chi connectivity index (χ1v) is 4.41. The van der Waals surface area contributed by atoms with Crippen LogP contribution in [-0.2, 0) is 0 Å². The quantitative estimate of drug-likeness (QED) is 0.471. The molecule has 0 aliphatic rings. The van der Waals surface area contributed by atoms with Crippen molar-refractivity contribution in [2.45, 2.75) is 6.04 Å². The molecule has 0 radical (unpaired) electrons. The summed E-state index contributed by atoms with van der Waals surface area (Å²) in [6.45, 7) is 3.46. The van der Waals surface area contributed by atoms with E-state index in [-0.39, 0.29) is 4.92 Å². The van der Waals surface area contributed by atoms with Gasteiger partial charge in [0.25, 0.3) is 6.04 Å². The third-order valence-electron chi connectivity index (χ3n) is 2.24. The lowest BCUT2D eigenvalue weighted by Crippen LogP contribution is -2.06. The average Bonchev–Trinajstić information content (AvgIpc) is 2.65. The molecule has 5 nitrogen and oxygen atoms in total. The van der Waals surface area contributed by atoms with Crippen molar-refractivity contribution in [3.63, 3.8) is 0 Å². The summed E-state index contributed by atoms with van der Waals surface area (Å²) in [7, 11) is 0. The highest BCUT2D eigenvalue weighted by molar-refractivity contribution is 5.75. The minimum absolute atomic E-state index is 0.371. The van der Waals surface area contributed by atoms with Gasteiger partial charge in [-0.15, -0.1) is 0 Å². The Balaban J connectivity index is 2.50. The van der Waals surface area contributed by atoms with Crippen LogP contribution >= 0.6 is 0 Å². The normalized spacial score (nSPS) is 12.5. The fraction of sp³-hybridized carbons (Fsp3) is 0.100. The molecule has 1 atom stereocenters. The maximum Gasteiger partial charge on any atom is 0.256 e. The first-order valence-electron chi connectivity index (χ1n) is 4.41. The molecule has 0 fully saturated rings. The van der Waals surface area contributed by atoms with Gasteiger partial charge >= 0.3 is 0 Å². The van der Waals surface area contributed by atoms with Crippen LogP contribution in [0.2, 0.25) is 0 Å². The first kappa shape index (κ1) is 9.39. The van der Waals surface area contributed by atoms with E-state index in [1.165, 1.54) is 6.08 Å². The fourth-order valence-corrected chi connectivity index (χ4v) is 1.48. The standard InChI is InChI=1S/C10H9N3O2/c1-2-10(13(14)15)7-3-4-8-9(5-7)12-6-11-8/h2-6,10H,1H2,(H,11,12). The van der Waals surface area contributed by atoms with Crippen molar-refractivity contribution in [3.05, 3.63) is 52.9 Å². The smallest absolute Gasteiger partial charge is 0.256 e. The van der Waals surface area contributed by atoms with Gasteiger partial charge in [-0.05, 0) is 24.3 Å². The summed E-state index contributed by atoms with van der Waals surface area (Å²) in [6.07, 6.45) is 2.88. The third-order valence-corrected chi connectivity index (χ3v) is 2.24. The molecule has 0 aliphatic carbocycles. The molecule has 1 unspecified atom stereocenters. The van der Waals surface area contributed by atoms with Crippen molar-refractivity contribution < 1.29 is 4.92 Å². The van der Waals surface area contributed by atoms with E-state index in [4.69, 9.17) is 0 Å². The van der Waals surface area contributed by atoms with Gasteiger partial charge < -0.3 is 4.98 Å². The van der Waals surface area contributed by atoms with E-state index >= 15 is 0 Å². The zero-order valence-electron chi connectivity index (χ0n) is 7.88. The van der Waals surface area contributed by atoms with Crippen LogP contribution in [0.25, 0.3) is 11.0 Å². The zero-order valence-corrected chi connectivity index (χ0v) is 7.88. The van der Waals surface area contributed by atoms with Crippen LogP contribution in [0.1, 0.15) is 11.6 Å². The number of aromatic nitrogens is 2. The second-order valence-corrected chi connectivity index (χ2v) is 3.15. The van der Waals surface area contributed by atoms with Gasteiger partial charge in [-0.25, -0.2) is 4.98 Å². The minimum atomic E-state index is -0.863. The molecule has 15 heavy (non-hydrogen) atoms. The molecule has 2 rings (SSSR count). The summed E-state index contributed by atoms with van der Waals surface area (Å²) in [4.78, 5) is 17.3. The maximum atomic E-state index is 10.7. The molecule has 2 aromatic rings. The molecular formula is C10H9N3O2. The first-order chi connectivity index (χ1) is 7.22. The summed E-state index contributed by atoms with van der Waals surface area (Å²) in [5, 5.41) is 10.7. The van der Waals surface area contributed by atoms with Crippen molar-refractivity contribution >= 4 is 11.0 Å². The number of H-pyrrole nitrogens is 1. The van der Waals surface area contributed by atoms with Crippen molar-refractivity contribution in [1.82, 2.24) is 9.97 Å². The lowest BCUT2D eigenvalue weighted by atomic mass is 10.1. The van der Waals surface area contributed by atoms with Gasteiger partial charge in [0.15, 0.2) is 0 Å². The van der Waals surface area contributed by atoms with E-state index in [1.807, 2.05) is 0 Å². The number of imidazole rings is 1. The second-order valence-electron chi connectivity index (χ2n) is 3.15. The molecule has 0 amide bonds. The number of hydrogen-bond donors (Lipinski definition) is 1. The summed E-state index contributed by atoms with van der Waals surface area (Å²) in [6, 6.07) is 4.30. The summed E-state index contributed by atoms with van der Waals surface area (Å²) in [5.41, 5.74) is 2.19. The number of nitrogens with zero attached hydrogens (tertiary/aromatic N) is 2. The Hall–Kier alpha value is -2.17. The van der Waals surface area contributed by atoms with E-state index in [2.05, 4.69) is 16.5 Å². The summed E-state index contributed by atoms with van der Waals surface area (Å²) in [5.74, 6) is 0. The number of nitrogens with one attached hydrogen (secondary N) is 1. The Bertz CT molecular complexity index is 518. The van der Waals surface area contributed by atoms with E-state index < -0.39 is 6.04 Å². The molecule has 1 N–H and O–H groups in total. The fourth-order valence-electron chi connectivity index (χ4n) is 1.48. The number of fused-ring (bicyclic) bond motifs is 1. The third kappa shape index (κ3) is 1.59. The number of rotatable bonds is 3. The molecule has 76 valence electrons. The molecule has 1 aromatic carbocycles. The van der Waals surface area contributed by atoms with E-state index in [0.717, 1.165) is 11.0 Å². The van der Waals surface area contributed by atoms with Crippen LogP contribution in [0.15, 0.2) is 37.2 Å². The largest absolute Gasteiger partial charge is 0.345 e. The SMILES string of the molecule is C=CC(c1ccc2nc[nH]c2c1)[N+](=O)[O-]. The highest BCUT2D eigenvalue weighted by atomic mass is 16.6. The van der Waals surface area contributed by atoms with Gasteiger partial charge in [-0.1, -0.05) is 6.58 Å². The summed E-state index contributed by atoms with van der Waals surface area (Å²) < 4.78 is 0. The van der Waals surface area contributed by atoms with Crippen molar-refractivity contribution in [2.75, 3.05) is 0 Å². The number of aromatic amines is 1. The monoisotopic (exact) mass is 203 g/mol. The van der Waals surface area contributed by atoms with Crippen LogP contribution in [0.4, 0.5) is 0 Å². The lowest BCUT2D eigenvalue weighted by Gasteiger charge is -2.03. The molecule has 0 saturated heterocycles. The molecule has 5 heteroatoms. The Kier molecular flexibility index (Phi) is 2.21. The lowest BCUT2D eigenvalue weighted by molar-refractivity contribution is -0.515. The average molecular weight is 203 g/mol. The Morgan fingerprint density at radius 3 is 3.07 bits per heavy atom. The van der Waals surface area contributed by atoms with E-state index in [1.54, 1.807) is 24.5 Å². The molecule has 0 aliphatic heterocycles. The number of benzene rings is 1. The second kappa shape index (κ2) is 3.53. The van der Waals surface area contributed by atoms with E-state index in [9.17, 15) is 10.1 Å². The molecule has 1 heterocycles. The molecule has 0 bridgehead atoms. The molecule has 1 aromatic heterocycles. The zero-order chi connectivity index (χ0) is 10.8. The van der Waals surface area contributed by atoms with Gasteiger partial charge in [-0.3, -0.25) is 10.1 Å². The van der Waals surface area contributed by atoms with Gasteiger partial charge in [-0.2, -0.15) is 0 Å². The summed E-state index contributed by atoms with van der Waals surface area (Å²) >= 11 is 0. The van der Waals surface area contributed by atoms with Gasteiger partial charge in [0.2, 0.25) is 0 Å². The van der Waals surface area contributed by atoms with Crippen molar-refractivity contribution in [3.8, 4) is 0 Å². The van der Waals surface area contributed by atoms with Crippen LogP contribution < -0.4 is 0 Å². The van der Waals surface area contributed by atoms with E-state index in [0.29, 0.717) is 5.56 Å². The van der Waals surface area contributed by atoms with Gasteiger partial charge in [0.05, 0.1) is 17.4 Å². The predicted molar refractivity (Wildman–Crippen MR) is 56.0 cm³/mol. The molecular weight excluding hydrogens is 194 g/mol. The molecule has 0 saturated carbocycles. The van der Waals surface area contributed by atoms with Crippen LogP contribution in [-0.4, -0.2) is 14.9 Å². The number of nitro groups is 1. The van der Waals surface area contributed by atoms with Crippen LogP contribution in [0.5, 0.6) is 0 Å². The highest BCUT2D eigenvalue weighted by Gasteiger charge is 2.18. The topological polar surface area (TPSA) is 71.8 Å². The van der Waals surface area contributed by atoms with Crippen LogP contribution in [0.3, 0.4) is 0 Å². The van der Waals surface area contributed by atoms with Crippen molar-refractivity contribution in [1.29, 1.82) is 0 Å². The van der Waals surface area contributed by atoms with Crippen LogP contribution in [0, 0.1) is 10.1 Å². The Morgan fingerprint density at radius 1 is 1.60 bits per heavy atom. The van der Waals surface area contributed by atoms with Crippen molar-refractivity contribution in [2.24, 2.45) is 0 Å². The maximum absolute atomic E-state index is 10.7. The van der Waals surface area contributed by atoms with Gasteiger partial charge in [0, 0.05) is 10.5 Å². The Labute approximate surface area is 85.6 Å². The highest BCUT2D eigenvalue weighted by Crippen LogP contribution is 2.20. The van der Waals surface area contributed by atoms with Gasteiger partial charge in [0.1, 0.15) is 0 Å². The number of hydrogen-bond acceptors (Lipinski definition) is 3. The molecule has 0 spiro atoms.